The molecule has 12 nitrogen and oxygen atoms in total. The van der Waals surface area contributed by atoms with E-state index in [0.717, 1.165) is 276 Å². The first kappa shape index (κ1) is 81.6. The van der Waals surface area contributed by atoms with Crippen LogP contribution in [0.15, 0.2) is 485 Å². The predicted molar refractivity (Wildman–Crippen MR) is 614 cm³/mol. The highest BCUT2D eigenvalue weighted by molar-refractivity contribution is 6.26. The lowest BCUT2D eigenvalue weighted by atomic mass is 10.0. The molecular weight excluding hydrogens is 1800 g/mol. The van der Waals surface area contributed by atoms with Crippen LogP contribution in [-0.4, -0.2) is 57.3 Å². The fourth-order valence-electron chi connectivity index (χ4n) is 24.4. The molecule has 0 unspecified atom stereocenters. The van der Waals surface area contributed by atoms with Gasteiger partial charge >= 0.3 is 0 Å². The summed E-state index contributed by atoms with van der Waals surface area (Å²) in [6, 6.07) is 177. The Kier molecular flexibility index (Phi) is 17.5. The van der Waals surface area contributed by atoms with Crippen molar-refractivity contribution in [1.82, 2.24) is 57.3 Å². The molecule has 0 aliphatic carbocycles. The van der Waals surface area contributed by atoms with Crippen LogP contribution in [0.3, 0.4) is 0 Å². The summed E-state index contributed by atoms with van der Waals surface area (Å²) in [6.45, 7) is 0. The van der Waals surface area contributed by atoms with Crippen LogP contribution >= 0.6 is 0 Å². The Balaban J connectivity index is 0.533. The fraction of sp³-hybridized carbons (Fsp3) is 0. The normalized spacial score (nSPS) is 12.2. The zero-order valence-electron chi connectivity index (χ0n) is 79.6. The number of rotatable bonds is 12. The lowest BCUT2D eigenvalue weighted by molar-refractivity contribution is 1.08. The van der Waals surface area contributed by atoms with E-state index in [9.17, 15) is 0 Å². The second kappa shape index (κ2) is 31.7. The Morgan fingerprint density at radius 2 is 0.405 bits per heavy atom. The second-order valence-electron chi connectivity index (χ2n) is 39.1. The van der Waals surface area contributed by atoms with Gasteiger partial charge in [-0.2, -0.15) is 0 Å². The number of aromatic nitrogens is 12. The van der Waals surface area contributed by atoms with Gasteiger partial charge in [0.2, 0.25) is 0 Å². The van der Waals surface area contributed by atoms with Crippen molar-refractivity contribution < 1.29 is 0 Å². The van der Waals surface area contributed by atoms with E-state index in [1.165, 1.54) is 32.3 Å². The molecule has 0 aliphatic heterocycles. The van der Waals surface area contributed by atoms with E-state index in [-0.39, 0.29) is 0 Å². The van der Waals surface area contributed by atoms with Crippen LogP contribution in [0.1, 0.15) is 0 Å². The Hall–Kier alpha value is -20.1. The van der Waals surface area contributed by atoms with Crippen LogP contribution in [0.25, 0.3) is 309 Å². The molecule has 684 valence electrons. The maximum absolute atomic E-state index is 5.91. The highest BCUT2D eigenvalue weighted by atomic mass is 15.1. The first-order valence-corrected chi connectivity index (χ1v) is 50.4. The van der Waals surface area contributed by atoms with Crippen molar-refractivity contribution in [3.63, 3.8) is 0 Å². The summed E-state index contributed by atoms with van der Waals surface area (Å²) in [5, 5.41) is 23.1. The molecule has 0 N–H and O–H groups in total. The summed E-state index contributed by atoms with van der Waals surface area (Å²) in [4.78, 5) is 34.4. The summed E-state index contributed by atoms with van der Waals surface area (Å²) in [6.07, 6.45) is 0. The Bertz CT molecular complexity index is 11300. The van der Waals surface area contributed by atoms with Gasteiger partial charge in [-0.3, -0.25) is 13.7 Å². The van der Waals surface area contributed by atoms with Gasteiger partial charge in [0.15, 0.2) is 17.5 Å². The molecule has 23 aromatic carbocycles. The van der Waals surface area contributed by atoms with Crippen molar-refractivity contribution in [2.24, 2.45) is 0 Å². The molecule has 12 heteroatoms. The van der Waals surface area contributed by atoms with E-state index in [1.54, 1.807) is 0 Å². The van der Waals surface area contributed by atoms with Crippen molar-refractivity contribution in [2.75, 3.05) is 0 Å². The summed E-state index contributed by atoms with van der Waals surface area (Å²) in [7, 11) is 0. The monoisotopic (exact) mass is 1880 g/mol. The molecule has 32 rings (SSSR count). The average molecular weight is 1880 g/mol. The third-order valence-corrected chi connectivity index (χ3v) is 31.1. The number of para-hydroxylation sites is 6. The van der Waals surface area contributed by atoms with Crippen molar-refractivity contribution in [3.8, 4) is 102 Å². The second-order valence-corrected chi connectivity index (χ2v) is 39.1. The van der Waals surface area contributed by atoms with Gasteiger partial charge in [0.1, 0.15) is 17.1 Å². The third kappa shape index (κ3) is 12.3. The molecule has 0 aliphatic rings. The minimum Gasteiger partial charge on any atom is -0.309 e. The summed E-state index contributed by atoms with van der Waals surface area (Å²) < 4.78 is 14.4. The first-order chi connectivity index (χ1) is 73.4. The molecule has 9 aromatic heterocycles. The third-order valence-electron chi connectivity index (χ3n) is 31.1. The topological polar surface area (TPSA) is 107 Å². The zero-order chi connectivity index (χ0) is 96.6. The largest absolute Gasteiger partial charge is 0.309 e. The fourth-order valence-corrected chi connectivity index (χ4v) is 24.4. The first-order valence-electron chi connectivity index (χ1n) is 50.4. The van der Waals surface area contributed by atoms with Crippen LogP contribution in [0.4, 0.5) is 0 Å². The van der Waals surface area contributed by atoms with E-state index in [0.29, 0.717) is 0 Å². The van der Waals surface area contributed by atoms with Crippen LogP contribution < -0.4 is 0 Å². The SMILES string of the molecule is c1ccc(-c2ccc(-c3nc4cc(-c5ccc6c7ccccc7n(-c7ccc8c(c7)c7c9ccccc9ccc7n8-c7nc8ccc(-c9ccc%10c(c9)c9ccccc9n%10-c9ccc%10c(c9)c9c%11ccccc%11ccc9n%10-c9nc%10ccccc%10nc9-c9ccccc9)cc8nc7-c7ccc8ccccc8c7)c6c5)ccc4nc3-n3c4ccc(-n5c6ccccc6c6ccccc65)cc4c4c5ccccc5ccc43)cc2)cc1. The Morgan fingerprint density at radius 1 is 0.122 bits per heavy atom. The van der Waals surface area contributed by atoms with E-state index in [1.807, 2.05) is 18.2 Å². The minimum absolute atomic E-state index is 0.736. The smallest absolute Gasteiger partial charge is 0.165 e. The van der Waals surface area contributed by atoms with Gasteiger partial charge in [-0.25, -0.2) is 29.9 Å². The highest BCUT2D eigenvalue weighted by Crippen LogP contribution is 2.50. The van der Waals surface area contributed by atoms with Crippen molar-refractivity contribution in [3.05, 3.63) is 485 Å². The maximum Gasteiger partial charge on any atom is 0.165 e. The summed E-state index contributed by atoms with van der Waals surface area (Å²) in [5.74, 6) is 2.27. The molecule has 0 saturated carbocycles. The molecule has 0 radical (unpaired) electrons. The minimum atomic E-state index is 0.736. The molecule has 0 fully saturated rings. The molecule has 0 amide bonds. The molecule has 0 atom stereocenters. The van der Waals surface area contributed by atoms with Crippen LogP contribution in [-0.2, 0) is 0 Å². The molecule has 0 saturated heterocycles. The Labute approximate surface area is 845 Å². The van der Waals surface area contributed by atoms with Gasteiger partial charge in [-0.05, 0) is 234 Å². The van der Waals surface area contributed by atoms with Gasteiger partial charge < -0.3 is 13.7 Å². The molecule has 32 aromatic rings. The van der Waals surface area contributed by atoms with Crippen molar-refractivity contribution >= 4 is 207 Å². The van der Waals surface area contributed by atoms with Crippen LogP contribution in [0, 0.1) is 0 Å². The molecular formula is C136H80N12. The van der Waals surface area contributed by atoms with Crippen molar-refractivity contribution in [1.29, 1.82) is 0 Å². The number of benzene rings is 23. The predicted octanol–water partition coefficient (Wildman–Crippen LogP) is 34.7. The molecule has 0 bridgehead atoms. The quantitative estimate of drug-likeness (QED) is 0.121. The standard InChI is InChI=1S/C136H80N12/c1-3-25-81(26-4-1)83-47-50-88(51-48-83)132-135(147-122-70-60-95(78-107(122)128-98-34-12-9-29-85(98)57-68-125(128)147)143-116-43-21-15-37-101(116)102-38-16-22-44-117(102)143)141-112-65-55-92(76-114(112)138-132)93-53-63-105-103-39-17-23-45-118(103)145(127(105)77-93)97-62-72-123-109(80-97)130-100-36-14-11-30-86(100)58-69-126(130)148(123)136-133(94-52-49-82-27-7-8-33-89(82)73-94)139-115-75-91(54-64-113(115)142-136)90-59-66-120-106(74-90)104-40-18-24-46-119(104)144(120)96-61-71-121-108(79-96)129-99-35-13-10-28-84(99)56-67-124(129)146(121)134-131(87-31-5-2-6-32-87)137-110-41-19-20-42-111(110)140-134/h1-80H. The van der Waals surface area contributed by atoms with E-state index in [4.69, 9.17) is 29.9 Å². The Morgan fingerprint density at radius 3 is 0.885 bits per heavy atom. The number of fused-ring (bicyclic) bond motifs is 28. The van der Waals surface area contributed by atoms with Crippen LogP contribution in [0.2, 0.25) is 0 Å². The molecule has 0 spiro atoms. The number of nitrogens with zero attached hydrogens (tertiary/aromatic N) is 12. The zero-order valence-corrected chi connectivity index (χ0v) is 79.6. The van der Waals surface area contributed by atoms with Crippen LogP contribution in [0.5, 0.6) is 0 Å². The summed E-state index contributed by atoms with van der Waals surface area (Å²) in [5.41, 5.74) is 32.7. The van der Waals surface area contributed by atoms with Gasteiger partial charge in [-0.15, -0.1) is 0 Å². The van der Waals surface area contributed by atoms with Gasteiger partial charge in [0.05, 0.1) is 99.3 Å². The van der Waals surface area contributed by atoms with Gasteiger partial charge in [-0.1, -0.05) is 328 Å². The highest BCUT2D eigenvalue weighted by Gasteiger charge is 2.30. The lowest BCUT2D eigenvalue weighted by Crippen LogP contribution is -2.04. The van der Waals surface area contributed by atoms with E-state index in [2.05, 4.69) is 495 Å². The van der Waals surface area contributed by atoms with E-state index >= 15 is 0 Å². The summed E-state index contributed by atoms with van der Waals surface area (Å²) >= 11 is 0. The molecule has 9 heterocycles. The molecule has 148 heavy (non-hydrogen) atoms. The number of hydrogen-bond donors (Lipinski definition) is 0. The van der Waals surface area contributed by atoms with E-state index < -0.39 is 0 Å². The van der Waals surface area contributed by atoms with Gasteiger partial charge in [0.25, 0.3) is 0 Å². The van der Waals surface area contributed by atoms with Gasteiger partial charge in [0, 0.05) is 98.4 Å². The van der Waals surface area contributed by atoms with Crippen molar-refractivity contribution in [2.45, 2.75) is 0 Å². The average Bonchev–Trinajstić information content (AvgIpc) is 1.56. The maximum atomic E-state index is 5.91. The number of hydrogen-bond acceptors (Lipinski definition) is 6. The lowest BCUT2D eigenvalue weighted by Gasteiger charge is -2.15.